The Morgan fingerprint density at radius 1 is 1.24 bits per heavy atom. The summed E-state index contributed by atoms with van der Waals surface area (Å²) in [6, 6.07) is 2.29. The first kappa shape index (κ1) is 16.2. The van der Waals surface area contributed by atoms with E-state index in [9.17, 15) is 0 Å². The molecule has 1 saturated carbocycles. The molecular formula is C17H28N2O2. The van der Waals surface area contributed by atoms with Crippen LogP contribution in [0.1, 0.15) is 51.6 Å². The van der Waals surface area contributed by atoms with Gasteiger partial charge in [0.2, 0.25) is 0 Å². The van der Waals surface area contributed by atoms with Gasteiger partial charge in [0.15, 0.2) is 0 Å². The van der Waals surface area contributed by atoms with Crippen molar-refractivity contribution in [3.8, 4) is 5.75 Å². The molecule has 0 aromatic carbocycles. The zero-order valence-electron chi connectivity index (χ0n) is 13.5. The number of aromatic nitrogens is 1. The Labute approximate surface area is 128 Å². The second kappa shape index (κ2) is 8.35. The Kier molecular flexibility index (Phi) is 6.46. The number of nitrogens with zero attached hydrogens (tertiary/aromatic N) is 1. The lowest BCUT2D eigenvalue weighted by atomic mass is 9.99. The first-order valence-electron chi connectivity index (χ1n) is 8.22. The predicted octanol–water partition coefficient (Wildman–Crippen LogP) is 3.34. The van der Waals surface area contributed by atoms with Crippen LogP contribution in [-0.4, -0.2) is 30.8 Å². The minimum absolute atomic E-state index is 0.199. The number of rotatable bonds is 10. The van der Waals surface area contributed by atoms with E-state index < -0.39 is 0 Å². The summed E-state index contributed by atoms with van der Waals surface area (Å²) in [7, 11) is 0. The summed E-state index contributed by atoms with van der Waals surface area (Å²) in [5, 5.41) is 3.64. The van der Waals surface area contributed by atoms with Crippen LogP contribution in [0.25, 0.3) is 0 Å². The van der Waals surface area contributed by atoms with Gasteiger partial charge in [-0.3, -0.25) is 4.98 Å². The van der Waals surface area contributed by atoms with E-state index in [1.165, 1.54) is 18.4 Å². The highest BCUT2D eigenvalue weighted by molar-refractivity contribution is 5.27. The summed E-state index contributed by atoms with van der Waals surface area (Å²) in [4.78, 5) is 4.33. The molecule has 0 bridgehead atoms. The number of hydrogen-bond acceptors (Lipinski definition) is 4. The van der Waals surface area contributed by atoms with Crippen molar-refractivity contribution in [2.24, 2.45) is 5.92 Å². The minimum Gasteiger partial charge on any atom is -0.492 e. The predicted molar refractivity (Wildman–Crippen MR) is 84.6 cm³/mol. The highest BCUT2D eigenvalue weighted by Crippen LogP contribution is 2.40. The lowest BCUT2D eigenvalue weighted by Gasteiger charge is -2.28. The van der Waals surface area contributed by atoms with Gasteiger partial charge in [0.05, 0.1) is 24.9 Å². The van der Waals surface area contributed by atoms with Crippen molar-refractivity contribution in [1.29, 1.82) is 0 Å². The number of pyridine rings is 1. The molecule has 2 atom stereocenters. The van der Waals surface area contributed by atoms with E-state index in [-0.39, 0.29) is 12.1 Å². The molecule has 4 heteroatoms. The van der Waals surface area contributed by atoms with Crippen molar-refractivity contribution in [2.45, 2.75) is 52.2 Å². The van der Waals surface area contributed by atoms with Crippen LogP contribution < -0.4 is 10.1 Å². The van der Waals surface area contributed by atoms with E-state index in [0.29, 0.717) is 12.5 Å². The van der Waals surface area contributed by atoms with E-state index in [0.717, 1.165) is 25.3 Å². The van der Waals surface area contributed by atoms with Crippen molar-refractivity contribution in [2.75, 3.05) is 19.8 Å². The summed E-state index contributed by atoms with van der Waals surface area (Å²) in [5.41, 5.74) is 1.17. The van der Waals surface area contributed by atoms with Gasteiger partial charge in [-0.15, -0.1) is 0 Å². The standard InChI is InChI=1S/C17H28N2O2/c1-4-9-19-16(17(21-6-3)13-7-8-13)14-10-15(20-5-2)12-18-11-14/h10-13,16-17,19H,4-9H2,1-3H3. The van der Waals surface area contributed by atoms with Gasteiger partial charge in [0.25, 0.3) is 0 Å². The molecule has 2 unspecified atom stereocenters. The summed E-state index contributed by atoms with van der Waals surface area (Å²) >= 11 is 0. The van der Waals surface area contributed by atoms with Gasteiger partial charge < -0.3 is 14.8 Å². The van der Waals surface area contributed by atoms with Crippen LogP contribution in [0.15, 0.2) is 18.5 Å². The van der Waals surface area contributed by atoms with Crippen molar-refractivity contribution < 1.29 is 9.47 Å². The Morgan fingerprint density at radius 2 is 2.05 bits per heavy atom. The van der Waals surface area contributed by atoms with E-state index in [1.54, 1.807) is 6.20 Å². The van der Waals surface area contributed by atoms with Gasteiger partial charge in [-0.1, -0.05) is 6.92 Å². The zero-order valence-corrected chi connectivity index (χ0v) is 13.5. The number of nitrogens with one attached hydrogen (secondary N) is 1. The molecule has 0 amide bonds. The lowest BCUT2D eigenvalue weighted by Crippen LogP contribution is -2.36. The van der Waals surface area contributed by atoms with Crippen molar-refractivity contribution in [1.82, 2.24) is 10.3 Å². The highest BCUT2D eigenvalue weighted by Gasteiger charge is 2.38. The first-order chi connectivity index (χ1) is 10.3. The van der Waals surface area contributed by atoms with Gasteiger partial charge in [-0.2, -0.15) is 0 Å². The van der Waals surface area contributed by atoms with Crippen LogP contribution in [0, 0.1) is 5.92 Å². The van der Waals surface area contributed by atoms with Crippen molar-refractivity contribution in [3.63, 3.8) is 0 Å². The molecule has 1 heterocycles. The summed E-state index contributed by atoms with van der Waals surface area (Å²) in [6.07, 6.45) is 7.60. The Bertz CT molecular complexity index is 421. The minimum atomic E-state index is 0.199. The third kappa shape index (κ3) is 4.68. The SMILES string of the molecule is CCCNC(c1cncc(OCC)c1)C(OCC)C1CC1. The normalized spacial score (nSPS) is 17.5. The second-order valence-corrected chi connectivity index (χ2v) is 5.58. The fourth-order valence-electron chi connectivity index (χ4n) is 2.70. The number of ether oxygens (including phenoxy) is 2. The smallest absolute Gasteiger partial charge is 0.137 e. The molecule has 0 aliphatic heterocycles. The molecule has 1 aromatic rings. The van der Waals surface area contributed by atoms with Crippen LogP contribution >= 0.6 is 0 Å². The maximum absolute atomic E-state index is 6.05. The molecule has 0 saturated heterocycles. The molecule has 21 heavy (non-hydrogen) atoms. The van der Waals surface area contributed by atoms with E-state index in [4.69, 9.17) is 9.47 Å². The number of hydrogen-bond donors (Lipinski definition) is 1. The molecule has 4 nitrogen and oxygen atoms in total. The van der Waals surface area contributed by atoms with Crippen LogP contribution in [-0.2, 0) is 4.74 Å². The Balaban J connectivity index is 2.18. The summed E-state index contributed by atoms with van der Waals surface area (Å²) < 4.78 is 11.6. The molecule has 0 radical (unpaired) electrons. The third-order valence-corrected chi connectivity index (χ3v) is 3.79. The summed E-state index contributed by atoms with van der Waals surface area (Å²) in [6.45, 7) is 8.65. The third-order valence-electron chi connectivity index (χ3n) is 3.79. The highest BCUT2D eigenvalue weighted by atomic mass is 16.5. The molecule has 118 valence electrons. The van der Waals surface area contributed by atoms with E-state index >= 15 is 0 Å². The molecular weight excluding hydrogens is 264 g/mol. The molecule has 1 aliphatic rings. The van der Waals surface area contributed by atoms with Crippen molar-refractivity contribution in [3.05, 3.63) is 24.0 Å². The molecule has 1 aromatic heterocycles. The Morgan fingerprint density at radius 3 is 2.67 bits per heavy atom. The van der Waals surface area contributed by atoms with Gasteiger partial charge in [0.1, 0.15) is 5.75 Å². The molecule has 1 aliphatic carbocycles. The first-order valence-corrected chi connectivity index (χ1v) is 8.22. The molecule has 0 spiro atoms. The fraction of sp³-hybridized carbons (Fsp3) is 0.706. The van der Waals surface area contributed by atoms with Gasteiger partial charge in [0, 0.05) is 12.8 Å². The maximum Gasteiger partial charge on any atom is 0.137 e. The van der Waals surface area contributed by atoms with Crippen LogP contribution in [0.5, 0.6) is 5.75 Å². The second-order valence-electron chi connectivity index (χ2n) is 5.58. The topological polar surface area (TPSA) is 43.4 Å². The van der Waals surface area contributed by atoms with Crippen molar-refractivity contribution >= 4 is 0 Å². The molecule has 2 rings (SSSR count). The van der Waals surface area contributed by atoms with Gasteiger partial charge in [-0.05, 0) is 57.2 Å². The Hall–Kier alpha value is -1.13. The quantitative estimate of drug-likeness (QED) is 0.718. The monoisotopic (exact) mass is 292 g/mol. The maximum atomic E-state index is 6.05. The largest absolute Gasteiger partial charge is 0.492 e. The molecule has 1 N–H and O–H groups in total. The lowest BCUT2D eigenvalue weighted by molar-refractivity contribution is 0.0184. The van der Waals surface area contributed by atoms with Crippen LogP contribution in [0.3, 0.4) is 0 Å². The zero-order chi connectivity index (χ0) is 15.1. The van der Waals surface area contributed by atoms with E-state index in [2.05, 4.69) is 30.2 Å². The average Bonchev–Trinajstić information content (AvgIpc) is 3.32. The van der Waals surface area contributed by atoms with E-state index in [1.807, 2.05) is 13.1 Å². The van der Waals surface area contributed by atoms with Gasteiger partial charge >= 0.3 is 0 Å². The van der Waals surface area contributed by atoms with Crippen LogP contribution in [0.4, 0.5) is 0 Å². The fourth-order valence-corrected chi connectivity index (χ4v) is 2.70. The summed E-state index contributed by atoms with van der Waals surface area (Å²) in [5.74, 6) is 1.51. The molecule has 1 fully saturated rings. The van der Waals surface area contributed by atoms with Crippen LogP contribution in [0.2, 0.25) is 0 Å². The van der Waals surface area contributed by atoms with Gasteiger partial charge in [-0.25, -0.2) is 0 Å². The average molecular weight is 292 g/mol.